The second kappa shape index (κ2) is 11.6. The zero-order chi connectivity index (χ0) is 27.5. The van der Waals surface area contributed by atoms with Gasteiger partial charge in [-0.1, -0.05) is 23.6 Å². The zero-order valence-electron chi connectivity index (χ0n) is 20.0. The molecule has 7 nitrogen and oxygen atoms in total. The van der Waals surface area contributed by atoms with Gasteiger partial charge in [0, 0.05) is 37.9 Å². The summed E-state index contributed by atoms with van der Waals surface area (Å²) in [5.41, 5.74) is -1.04. The number of hydrogen-bond acceptors (Lipinski definition) is 8. The molecule has 0 bridgehead atoms. The van der Waals surface area contributed by atoms with E-state index in [0.29, 0.717) is 61.0 Å². The van der Waals surface area contributed by atoms with Crippen molar-refractivity contribution in [1.82, 2.24) is 15.1 Å². The molecule has 0 atom stereocenters. The molecule has 0 unspecified atom stereocenters. The number of alkyl halides is 6. The summed E-state index contributed by atoms with van der Waals surface area (Å²) in [6.07, 6.45) is -6.29. The van der Waals surface area contributed by atoms with Gasteiger partial charge < -0.3 is 19.9 Å². The van der Waals surface area contributed by atoms with Crippen molar-refractivity contribution in [2.75, 3.05) is 43.0 Å². The summed E-state index contributed by atoms with van der Waals surface area (Å²) in [6, 6.07) is 5.19. The molecule has 1 aliphatic heterocycles. The molecule has 1 aliphatic carbocycles. The summed E-state index contributed by atoms with van der Waals surface area (Å²) in [7, 11) is 0. The van der Waals surface area contributed by atoms with E-state index in [1.165, 1.54) is 12.1 Å². The maximum Gasteiger partial charge on any atom is 0.445 e. The van der Waals surface area contributed by atoms with Gasteiger partial charge in [0.2, 0.25) is 10.1 Å². The molecule has 0 spiro atoms. The summed E-state index contributed by atoms with van der Waals surface area (Å²) in [5, 5.41) is 18.2. The van der Waals surface area contributed by atoms with Gasteiger partial charge in [-0.15, -0.1) is 10.2 Å². The summed E-state index contributed by atoms with van der Waals surface area (Å²) >= 11 is 6.03. The number of aromatic nitrogens is 2. The fraction of sp³-hybridized carbons (Fsp3) is 0.565. The number of anilines is 2. The molecule has 0 radical (unpaired) electrons. The Morgan fingerprint density at radius 1 is 1.05 bits per heavy atom. The first kappa shape index (κ1) is 28.3. The molecule has 1 N–H and O–H groups in total. The van der Waals surface area contributed by atoms with Crippen LogP contribution in [-0.2, 0) is 17.1 Å². The normalized spacial score (nSPS) is 20.8. The van der Waals surface area contributed by atoms with Crippen molar-refractivity contribution in [3.05, 3.63) is 34.3 Å². The van der Waals surface area contributed by atoms with Crippen LogP contribution >= 0.6 is 23.6 Å². The van der Waals surface area contributed by atoms with Gasteiger partial charge in [0.25, 0.3) is 0 Å². The van der Waals surface area contributed by atoms with Crippen LogP contribution in [0.25, 0.3) is 0 Å². The van der Waals surface area contributed by atoms with Gasteiger partial charge in [0.05, 0.1) is 29.9 Å². The van der Waals surface area contributed by atoms with Gasteiger partial charge in [0.1, 0.15) is 4.99 Å². The highest BCUT2D eigenvalue weighted by atomic mass is 32.1. The van der Waals surface area contributed by atoms with Crippen LogP contribution in [0.4, 0.5) is 37.2 Å². The quantitative estimate of drug-likeness (QED) is 0.364. The standard InChI is InChI=1S/C23H24F6N6OS2/c24-22(25,26)18-11-16(2-1-14(18)12-30)31-15-3-5-17(6-4-15)36-13-19(37)34-7-9-35(10-8-34)21-33-32-20(38-21)23(27,28)29/h1-2,11,15,17,31H,3-10,13H2/t15-,17-. The molecule has 1 saturated carbocycles. The first-order valence-electron chi connectivity index (χ1n) is 11.9. The van der Waals surface area contributed by atoms with E-state index in [1.54, 1.807) is 11.0 Å². The molecule has 2 fully saturated rings. The van der Waals surface area contributed by atoms with Gasteiger partial charge in [0.15, 0.2) is 0 Å². The Bertz CT molecular complexity index is 1160. The lowest BCUT2D eigenvalue weighted by atomic mass is 9.92. The Hall–Kier alpha value is -2.70. The molecule has 15 heteroatoms. The zero-order valence-corrected chi connectivity index (χ0v) is 21.6. The Kier molecular flexibility index (Phi) is 8.63. The van der Waals surface area contributed by atoms with Crippen LogP contribution in [0.5, 0.6) is 0 Å². The van der Waals surface area contributed by atoms with Gasteiger partial charge in [-0.2, -0.15) is 31.6 Å². The van der Waals surface area contributed by atoms with Gasteiger partial charge in [-0.25, -0.2) is 0 Å². The molecule has 38 heavy (non-hydrogen) atoms. The van der Waals surface area contributed by atoms with Crippen LogP contribution in [0, 0.1) is 11.3 Å². The van der Waals surface area contributed by atoms with Gasteiger partial charge in [-0.3, -0.25) is 0 Å². The maximum absolute atomic E-state index is 13.2. The topological polar surface area (TPSA) is 77.3 Å². The smallest absolute Gasteiger partial charge is 0.382 e. The number of piperazine rings is 1. The third-order valence-electron chi connectivity index (χ3n) is 6.49. The molecular weight excluding hydrogens is 554 g/mol. The predicted octanol–water partition coefficient (Wildman–Crippen LogP) is 5.34. The third-order valence-corrected chi connectivity index (χ3v) is 7.90. The van der Waals surface area contributed by atoms with Crippen molar-refractivity contribution < 1.29 is 31.1 Å². The molecule has 1 aromatic carbocycles. The van der Waals surface area contributed by atoms with E-state index < -0.39 is 28.5 Å². The Labute approximate surface area is 224 Å². The van der Waals surface area contributed by atoms with Crippen LogP contribution < -0.4 is 10.2 Å². The average Bonchev–Trinajstić information content (AvgIpc) is 3.39. The number of halogens is 6. The largest absolute Gasteiger partial charge is 0.445 e. The van der Waals surface area contributed by atoms with Crippen LogP contribution in [-0.4, -0.2) is 65.0 Å². The molecule has 1 saturated heterocycles. The summed E-state index contributed by atoms with van der Waals surface area (Å²) in [6.45, 7) is 2.25. The Morgan fingerprint density at radius 2 is 1.74 bits per heavy atom. The van der Waals surface area contributed by atoms with Crippen molar-refractivity contribution in [3.8, 4) is 6.07 Å². The predicted molar refractivity (Wildman–Crippen MR) is 133 cm³/mol. The highest BCUT2D eigenvalue weighted by Gasteiger charge is 2.37. The summed E-state index contributed by atoms with van der Waals surface area (Å²) in [4.78, 5) is 4.34. The Morgan fingerprint density at radius 3 is 2.32 bits per heavy atom. The number of hydrogen-bond donors (Lipinski definition) is 1. The van der Waals surface area contributed by atoms with Crippen LogP contribution in [0.15, 0.2) is 18.2 Å². The molecule has 4 rings (SSSR count). The molecule has 1 aromatic heterocycles. The van der Waals surface area contributed by atoms with Crippen LogP contribution in [0.2, 0.25) is 0 Å². The minimum atomic E-state index is -4.60. The lowest BCUT2D eigenvalue weighted by Crippen LogP contribution is -2.49. The maximum atomic E-state index is 13.2. The number of nitrogens with zero attached hydrogens (tertiary/aromatic N) is 5. The van der Waals surface area contributed by atoms with Crippen LogP contribution in [0.3, 0.4) is 0 Å². The van der Waals surface area contributed by atoms with Crippen molar-refractivity contribution in [2.24, 2.45) is 0 Å². The van der Waals surface area contributed by atoms with Crippen molar-refractivity contribution in [1.29, 1.82) is 5.26 Å². The van der Waals surface area contributed by atoms with E-state index in [0.717, 1.165) is 18.9 Å². The Balaban J connectivity index is 1.19. The minimum absolute atomic E-state index is 0.0119. The van der Waals surface area contributed by atoms with Crippen LogP contribution in [0.1, 0.15) is 41.8 Å². The second-order valence-corrected chi connectivity index (χ2v) is 10.5. The number of ether oxygens (including phenoxy) is 1. The number of rotatable bonds is 6. The molecule has 2 heterocycles. The minimum Gasteiger partial charge on any atom is -0.382 e. The second-order valence-electron chi connectivity index (χ2n) is 9.05. The molecule has 2 aromatic rings. The average molecular weight is 579 g/mol. The van der Waals surface area contributed by atoms with E-state index in [4.69, 9.17) is 22.2 Å². The van der Waals surface area contributed by atoms with Crippen molar-refractivity contribution in [2.45, 2.75) is 50.2 Å². The van der Waals surface area contributed by atoms with E-state index >= 15 is 0 Å². The van der Waals surface area contributed by atoms with E-state index in [1.807, 2.05) is 4.90 Å². The first-order valence-corrected chi connectivity index (χ1v) is 13.1. The molecule has 2 aliphatic rings. The van der Waals surface area contributed by atoms with Crippen molar-refractivity contribution in [3.63, 3.8) is 0 Å². The lowest BCUT2D eigenvalue weighted by molar-refractivity contribution is -0.138. The van der Waals surface area contributed by atoms with E-state index in [-0.39, 0.29) is 23.9 Å². The highest BCUT2D eigenvalue weighted by Crippen LogP contribution is 2.35. The number of nitrogens with one attached hydrogen (secondary N) is 1. The third kappa shape index (κ3) is 7.03. The lowest BCUT2D eigenvalue weighted by Gasteiger charge is -2.36. The number of thiocarbonyl (C=S) groups is 1. The molecule has 206 valence electrons. The summed E-state index contributed by atoms with van der Waals surface area (Å²) in [5.74, 6) is 0. The number of nitriles is 1. The highest BCUT2D eigenvalue weighted by molar-refractivity contribution is 7.80. The SMILES string of the molecule is N#Cc1ccc(N[C@H]2CC[C@H](OCC(=S)N3CCN(c4nnc(C(F)(F)F)s4)CC3)CC2)cc1C(F)(F)F. The molecular formula is C23H24F6N6OS2. The van der Waals surface area contributed by atoms with Gasteiger partial charge >= 0.3 is 12.4 Å². The summed E-state index contributed by atoms with van der Waals surface area (Å²) < 4.78 is 83.9. The van der Waals surface area contributed by atoms with E-state index in [2.05, 4.69) is 15.5 Å². The van der Waals surface area contributed by atoms with Crippen molar-refractivity contribution >= 4 is 39.4 Å². The van der Waals surface area contributed by atoms with Gasteiger partial charge in [-0.05, 0) is 43.9 Å². The first-order chi connectivity index (χ1) is 17.9. The number of benzene rings is 1. The monoisotopic (exact) mass is 578 g/mol. The fourth-order valence-electron chi connectivity index (χ4n) is 4.46. The fourth-order valence-corrected chi connectivity index (χ4v) is 5.48. The van der Waals surface area contributed by atoms with E-state index in [9.17, 15) is 26.3 Å². The molecule has 0 amide bonds.